The van der Waals surface area contributed by atoms with Gasteiger partial charge in [-0.2, -0.15) is 57.9 Å². The van der Waals surface area contributed by atoms with Gasteiger partial charge in [-0.25, -0.2) is 56.7 Å². The van der Waals surface area contributed by atoms with Crippen LogP contribution in [0.25, 0.3) is 8.25 Å². The zero-order chi connectivity index (χ0) is 53.3. The Balaban J connectivity index is 0.000000433. The predicted octanol–water partition coefficient (Wildman–Crippen LogP) is 6.37. The third-order valence-electron chi connectivity index (χ3n) is 7.60. The molecule has 2 aliphatic heterocycles. The van der Waals surface area contributed by atoms with Crippen LogP contribution in [0.2, 0.25) is 5.02 Å². The van der Waals surface area contributed by atoms with Gasteiger partial charge < -0.3 is 17.7 Å². The molecule has 3 aromatic rings. The normalized spacial score (nSPS) is 16.1. The van der Waals surface area contributed by atoms with E-state index in [0.29, 0.717) is 17.2 Å². The van der Waals surface area contributed by atoms with Crippen LogP contribution in [-0.4, -0.2) is 101 Å². The Labute approximate surface area is 390 Å². The molecule has 0 aliphatic carbocycles. The van der Waals surface area contributed by atoms with Crippen molar-refractivity contribution in [2.24, 2.45) is 0 Å². The van der Waals surface area contributed by atoms with Gasteiger partial charge in [-0.15, -0.1) is 13.2 Å². The number of sulfonamides is 4. The number of hydrogen-bond donors (Lipinski definition) is 1. The van der Waals surface area contributed by atoms with Gasteiger partial charge in [-0.05, 0) is 18.2 Å². The van der Waals surface area contributed by atoms with E-state index in [0.717, 1.165) is 73.3 Å². The van der Waals surface area contributed by atoms with Gasteiger partial charge in [0.1, 0.15) is 24.8 Å². The molecular formula is C33H39ClF12N6O13S4. The number of aromatic nitrogens is 4. The van der Waals surface area contributed by atoms with Crippen LogP contribution in [0, 0.1) is 0 Å². The van der Waals surface area contributed by atoms with Gasteiger partial charge in [0.15, 0.2) is 40.1 Å². The first-order valence-corrected chi connectivity index (χ1v) is 24.4. The van der Waals surface area contributed by atoms with Crippen molar-refractivity contribution in [3.63, 3.8) is 0 Å². The molecule has 1 aromatic carbocycles. The first-order valence-electron chi connectivity index (χ1n) is 18.3. The van der Waals surface area contributed by atoms with Crippen LogP contribution in [0.3, 0.4) is 0 Å². The predicted molar refractivity (Wildman–Crippen MR) is 214 cm³/mol. The van der Waals surface area contributed by atoms with Crippen molar-refractivity contribution in [3.8, 4) is 0 Å². The van der Waals surface area contributed by atoms with E-state index in [-0.39, 0.29) is 5.56 Å². The van der Waals surface area contributed by atoms with E-state index < -0.39 is 68.1 Å². The Morgan fingerprint density at radius 1 is 0.696 bits per heavy atom. The molecule has 0 spiro atoms. The number of imidazole rings is 2. The maximum atomic E-state index is 11.4. The number of epoxide rings is 2. The van der Waals surface area contributed by atoms with Crippen molar-refractivity contribution < 1.29 is 120 Å². The minimum Gasteiger partial charge on any atom is -0.421 e. The second-order valence-electron chi connectivity index (χ2n) is 13.1. The number of nitrogens with zero attached hydrogens (tertiary/aromatic N) is 6. The first kappa shape index (κ1) is 62.7. The SMILES string of the molecule is C=CCCn1cc[n+](CCC=C)c1.O=C(OO)c1cccc(Cl)c1.O=S(=O)([N-]S(=O)(=O)C(F)(F)F)C(F)(F)F.O=S(=O)([N-]S(=O)(=O)C(F)(F)F)C(F)(F)F.c1c[n+](CCC2CO2)cn1CCC1CO1. The lowest BCUT2D eigenvalue weighted by atomic mass is 10.2. The van der Waals surface area contributed by atoms with Crippen LogP contribution in [0.15, 0.2) is 87.0 Å². The van der Waals surface area contributed by atoms with E-state index in [1.54, 1.807) is 12.1 Å². The number of rotatable bonds is 17. The summed E-state index contributed by atoms with van der Waals surface area (Å²) < 4.78 is 238. The second-order valence-corrected chi connectivity index (χ2v) is 20.4. The zero-order valence-corrected chi connectivity index (χ0v) is 38.7. The van der Waals surface area contributed by atoms with Crippen LogP contribution < -0.4 is 9.13 Å². The Kier molecular flexibility index (Phi) is 23.8. The van der Waals surface area contributed by atoms with E-state index >= 15 is 0 Å². The van der Waals surface area contributed by atoms with Crippen molar-refractivity contribution >= 4 is 57.7 Å². The molecule has 0 amide bonds. The number of allylic oxidation sites excluding steroid dienone is 2. The van der Waals surface area contributed by atoms with Gasteiger partial charge in [0.2, 0.25) is 12.7 Å². The van der Waals surface area contributed by atoms with Gasteiger partial charge in [0, 0.05) is 30.7 Å². The Hall–Kier alpha value is -4.36. The highest BCUT2D eigenvalue weighted by atomic mass is 35.5. The van der Waals surface area contributed by atoms with E-state index in [4.69, 9.17) is 26.3 Å². The molecule has 4 heterocycles. The number of ether oxygens (including phenoxy) is 2. The lowest BCUT2D eigenvalue weighted by Gasteiger charge is -2.22. The molecule has 394 valence electrons. The average molecular weight is 1120 g/mol. The van der Waals surface area contributed by atoms with Crippen LogP contribution >= 0.6 is 11.6 Å². The molecule has 2 fully saturated rings. The fourth-order valence-corrected chi connectivity index (χ4v) is 7.65. The van der Waals surface area contributed by atoms with Crippen molar-refractivity contribution in [1.82, 2.24) is 9.13 Å². The van der Waals surface area contributed by atoms with Crippen LogP contribution in [0.1, 0.15) is 36.0 Å². The molecule has 0 radical (unpaired) electrons. The summed E-state index contributed by atoms with van der Waals surface area (Å²) in [6.07, 6.45) is 22.0. The molecule has 2 aromatic heterocycles. The molecule has 2 atom stereocenters. The molecular weight excluding hydrogens is 1080 g/mol. The summed E-state index contributed by atoms with van der Waals surface area (Å²) in [6, 6.07) is 6.11. The number of carbonyl (C=O) groups excluding carboxylic acids is 1. The van der Waals surface area contributed by atoms with Gasteiger partial charge >= 0.3 is 28.0 Å². The summed E-state index contributed by atoms with van der Waals surface area (Å²) in [6.45, 7) is 13.5. The van der Waals surface area contributed by atoms with E-state index in [2.05, 4.69) is 73.8 Å². The third kappa shape index (κ3) is 23.4. The minimum atomic E-state index is -6.72. The number of alkyl halides is 12. The highest BCUT2D eigenvalue weighted by molar-refractivity contribution is 8.13. The smallest absolute Gasteiger partial charge is 0.421 e. The monoisotopic (exact) mass is 1120 g/mol. The number of benzene rings is 1. The maximum Gasteiger partial charge on any atom is 0.480 e. The van der Waals surface area contributed by atoms with Crippen molar-refractivity contribution in [3.05, 3.63) is 106 Å². The summed E-state index contributed by atoms with van der Waals surface area (Å²) in [7, 11) is -26.9. The van der Waals surface area contributed by atoms with Gasteiger partial charge in [0.05, 0.1) is 57.2 Å². The van der Waals surface area contributed by atoms with Gasteiger partial charge in [0.25, 0.3) is 0 Å². The molecule has 2 unspecified atom stereocenters. The van der Waals surface area contributed by atoms with Gasteiger partial charge in [-0.3, -0.25) is 4.89 Å². The molecule has 2 aliphatic rings. The molecule has 69 heavy (non-hydrogen) atoms. The third-order valence-corrected chi connectivity index (χ3v) is 13.3. The number of hydrogen-bond acceptors (Lipinski definition) is 13. The van der Waals surface area contributed by atoms with E-state index in [1.807, 2.05) is 12.2 Å². The average Bonchev–Trinajstić information content (AvgIpc) is 4.14. The zero-order valence-electron chi connectivity index (χ0n) is 34.6. The molecule has 19 nitrogen and oxygen atoms in total. The maximum absolute atomic E-state index is 11.4. The Morgan fingerprint density at radius 3 is 1.45 bits per heavy atom. The topological polar surface area (TPSA) is 254 Å². The van der Waals surface area contributed by atoms with E-state index in [1.165, 1.54) is 12.1 Å². The van der Waals surface area contributed by atoms with E-state index in [9.17, 15) is 91.2 Å². The van der Waals surface area contributed by atoms with Crippen molar-refractivity contribution in [1.29, 1.82) is 0 Å². The number of halogens is 13. The fraction of sp³-hybridized carbons (Fsp3) is 0.485. The van der Waals surface area contributed by atoms with Crippen LogP contribution in [0.4, 0.5) is 52.7 Å². The lowest BCUT2D eigenvalue weighted by Crippen LogP contribution is -2.31. The molecule has 0 bridgehead atoms. The quantitative estimate of drug-likeness (QED) is 0.0386. The number of aryl methyl sites for hydroxylation is 4. The molecule has 5 rings (SSSR count). The van der Waals surface area contributed by atoms with Crippen LogP contribution in [0.5, 0.6) is 0 Å². The highest BCUT2D eigenvalue weighted by Gasteiger charge is 2.48. The fourth-order valence-electron chi connectivity index (χ4n) is 4.04. The van der Waals surface area contributed by atoms with Crippen molar-refractivity contribution in [2.75, 3.05) is 13.2 Å². The first-order chi connectivity index (χ1) is 31.4. The largest absolute Gasteiger partial charge is 0.480 e. The van der Waals surface area contributed by atoms with Crippen LogP contribution in [-0.2, 0) is 80.6 Å². The van der Waals surface area contributed by atoms with Crippen molar-refractivity contribution in [2.45, 2.75) is 86.1 Å². The summed E-state index contributed by atoms with van der Waals surface area (Å²) in [5.41, 5.74) is -24.6. The second kappa shape index (κ2) is 26.2. The molecule has 2 saturated heterocycles. The summed E-state index contributed by atoms with van der Waals surface area (Å²) >= 11 is 5.56. The molecule has 1 N–H and O–H groups in total. The minimum absolute atomic E-state index is 0.222. The summed E-state index contributed by atoms with van der Waals surface area (Å²) in [4.78, 5) is 14.1. The molecule has 36 heteroatoms. The summed E-state index contributed by atoms with van der Waals surface area (Å²) in [5, 5.41) is 8.41. The van der Waals surface area contributed by atoms with Gasteiger partial charge in [-0.1, -0.05) is 29.8 Å². The standard InChI is InChI=1S/C11H17N2O2.C11H17N2.C7H5ClO3.2C2F6NO4S2/c1(10-7-14-10)3-12-5-6-13(9-12)4-2-11-8-15-11;1-3-5-7-12-9-10-13(11-12)8-6-4-2;8-6-3-1-2-5(4-6)7(9)11-10;2*3-1(4,5)14(10,11)9-15(12,13)2(6,7)8/h5-6,9-11H,1-4,7-8H2;3-4,9-11H,1-2,5-8H2;1-4,10H;;/q2*+1;;2*-1. The molecule has 0 saturated carbocycles. The Bertz CT molecular complexity index is 2350. The summed E-state index contributed by atoms with van der Waals surface area (Å²) in [5.74, 6) is -0.813. The highest BCUT2D eigenvalue weighted by Crippen LogP contribution is 2.37. The number of carbonyl (C=O) groups is 1. The Morgan fingerprint density at radius 2 is 1.09 bits per heavy atom. The lowest BCUT2D eigenvalue weighted by molar-refractivity contribution is -0.697.